The van der Waals surface area contributed by atoms with Gasteiger partial charge in [0.1, 0.15) is 11.6 Å². The summed E-state index contributed by atoms with van der Waals surface area (Å²) in [4.78, 5) is 15.7. The molecule has 0 spiro atoms. The number of benzene rings is 2. The van der Waals surface area contributed by atoms with E-state index in [0.717, 1.165) is 0 Å². The topological polar surface area (TPSA) is 74.5 Å². The fourth-order valence-electron chi connectivity index (χ4n) is 1.87. The number of hydrogen-bond acceptors (Lipinski definition) is 6. The van der Waals surface area contributed by atoms with Crippen LogP contribution < -0.4 is 4.74 Å². The van der Waals surface area contributed by atoms with Crippen LogP contribution >= 0.6 is 0 Å². The number of nitrogens with zero attached hydrogens (tertiary/aromatic N) is 2. The van der Waals surface area contributed by atoms with E-state index >= 15 is 0 Å². The molecule has 1 aromatic heterocycles. The van der Waals surface area contributed by atoms with Crippen LogP contribution in [-0.2, 0) is 16.1 Å². The Kier molecular flexibility index (Phi) is 4.81. The van der Waals surface area contributed by atoms with Crippen LogP contribution in [0.3, 0.4) is 0 Å². The van der Waals surface area contributed by atoms with Crippen molar-refractivity contribution in [2.75, 3.05) is 6.61 Å². The second-order valence-corrected chi connectivity index (χ2v) is 4.78. The molecule has 0 aliphatic rings. The van der Waals surface area contributed by atoms with Crippen LogP contribution in [0.15, 0.2) is 59.1 Å². The molecule has 0 saturated carbocycles. The highest BCUT2D eigenvalue weighted by atomic mass is 19.1. The zero-order chi connectivity index (χ0) is 16.8. The van der Waals surface area contributed by atoms with Gasteiger partial charge in [0, 0.05) is 5.56 Å². The first-order chi connectivity index (χ1) is 11.7. The summed E-state index contributed by atoms with van der Waals surface area (Å²) in [5.41, 5.74) is 0.602. The van der Waals surface area contributed by atoms with Gasteiger partial charge in [0.15, 0.2) is 13.2 Å². The normalized spacial score (nSPS) is 10.4. The summed E-state index contributed by atoms with van der Waals surface area (Å²) in [7, 11) is 0. The van der Waals surface area contributed by atoms with Gasteiger partial charge in [0.25, 0.3) is 5.89 Å². The van der Waals surface area contributed by atoms with E-state index in [1.165, 1.54) is 24.3 Å². The van der Waals surface area contributed by atoms with E-state index in [1.807, 2.05) is 6.07 Å². The molecule has 3 aromatic rings. The molecule has 0 bridgehead atoms. The Morgan fingerprint density at radius 2 is 1.83 bits per heavy atom. The Labute approximate surface area is 136 Å². The van der Waals surface area contributed by atoms with Crippen LogP contribution in [0.4, 0.5) is 4.39 Å². The molecule has 0 unspecified atom stereocenters. The molecule has 2 aromatic carbocycles. The number of carbonyl (C=O) groups excluding carboxylic acids is 1. The number of ether oxygens (including phenoxy) is 2. The van der Waals surface area contributed by atoms with Crippen molar-refractivity contribution in [3.63, 3.8) is 0 Å². The molecule has 3 rings (SSSR count). The van der Waals surface area contributed by atoms with Gasteiger partial charge in [-0.3, -0.25) is 0 Å². The summed E-state index contributed by atoms with van der Waals surface area (Å²) in [5, 5.41) is 3.76. The molecule has 0 amide bonds. The Hall–Kier alpha value is -3.22. The molecule has 24 heavy (non-hydrogen) atoms. The van der Waals surface area contributed by atoms with Gasteiger partial charge in [-0.1, -0.05) is 23.4 Å². The molecule has 0 aliphatic heterocycles. The average molecular weight is 328 g/mol. The Morgan fingerprint density at radius 3 is 2.58 bits per heavy atom. The van der Waals surface area contributed by atoms with Crippen LogP contribution in [-0.4, -0.2) is 22.7 Å². The maximum Gasteiger partial charge on any atom is 0.344 e. The molecule has 0 saturated heterocycles. The molecular formula is C17H13FN2O4. The molecule has 0 fully saturated rings. The van der Waals surface area contributed by atoms with Gasteiger partial charge in [-0.05, 0) is 36.4 Å². The molecule has 0 N–H and O–H groups in total. The largest absolute Gasteiger partial charge is 0.482 e. The summed E-state index contributed by atoms with van der Waals surface area (Å²) in [5.74, 6) is 0.102. The van der Waals surface area contributed by atoms with Crippen LogP contribution in [0.1, 0.15) is 5.89 Å². The summed E-state index contributed by atoms with van der Waals surface area (Å²) in [6.45, 7) is -0.381. The highest BCUT2D eigenvalue weighted by Crippen LogP contribution is 2.16. The maximum atomic E-state index is 12.9. The fourth-order valence-corrected chi connectivity index (χ4v) is 1.87. The van der Waals surface area contributed by atoms with Crippen molar-refractivity contribution >= 4 is 5.97 Å². The molecule has 0 atom stereocenters. The van der Waals surface area contributed by atoms with E-state index in [0.29, 0.717) is 17.1 Å². The highest BCUT2D eigenvalue weighted by Gasteiger charge is 2.11. The van der Waals surface area contributed by atoms with Crippen LogP contribution in [0.2, 0.25) is 0 Å². The monoisotopic (exact) mass is 328 g/mol. The summed E-state index contributed by atoms with van der Waals surface area (Å²) < 4.78 is 28.1. The van der Waals surface area contributed by atoms with E-state index in [1.54, 1.807) is 24.3 Å². The first-order valence-corrected chi connectivity index (χ1v) is 7.13. The molecule has 1 heterocycles. The maximum absolute atomic E-state index is 12.9. The smallest absolute Gasteiger partial charge is 0.344 e. The van der Waals surface area contributed by atoms with Gasteiger partial charge in [-0.25, -0.2) is 9.18 Å². The second kappa shape index (κ2) is 7.36. The number of esters is 1. The van der Waals surface area contributed by atoms with Crippen molar-refractivity contribution in [3.8, 4) is 17.1 Å². The molecule has 7 heteroatoms. The lowest BCUT2D eigenvalue weighted by Gasteiger charge is -2.04. The van der Waals surface area contributed by atoms with Gasteiger partial charge in [0.05, 0.1) is 0 Å². The first kappa shape index (κ1) is 15.7. The molecule has 122 valence electrons. The fraction of sp³-hybridized carbons (Fsp3) is 0.118. The predicted octanol–water partition coefficient (Wildman–Crippen LogP) is 3.00. The van der Waals surface area contributed by atoms with E-state index in [-0.39, 0.29) is 24.9 Å². The van der Waals surface area contributed by atoms with Crippen molar-refractivity contribution in [1.29, 1.82) is 0 Å². The van der Waals surface area contributed by atoms with E-state index in [9.17, 15) is 9.18 Å². The molecular weight excluding hydrogens is 315 g/mol. The van der Waals surface area contributed by atoms with E-state index < -0.39 is 5.97 Å². The average Bonchev–Trinajstić information content (AvgIpc) is 3.09. The number of hydrogen-bond donors (Lipinski definition) is 0. The third kappa shape index (κ3) is 4.16. The third-order valence-corrected chi connectivity index (χ3v) is 3.03. The minimum atomic E-state index is -0.555. The number of carbonyl (C=O) groups is 1. The molecule has 6 nitrogen and oxygen atoms in total. The molecule has 0 radical (unpaired) electrons. The van der Waals surface area contributed by atoms with E-state index in [2.05, 4.69) is 10.1 Å². The summed E-state index contributed by atoms with van der Waals surface area (Å²) in [6, 6.07) is 14.6. The van der Waals surface area contributed by atoms with Crippen molar-refractivity contribution in [1.82, 2.24) is 10.1 Å². The number of halogens is 1. The predicted molar refractivity (Wildman–Crippen MR) is 81.4 cm³/mol. The standard InChI is InChI=1S/C17H13FN2O4/c18-13-8-6-12(7-9-13)17-19-15(24-20-17)10-23-16(21)11-22-14-4-2-1-3-5-14/h1-9H,10-11H2. The zero-order valence-corrected chi connectivity index (χ0v) is 12.5. The SMILES string of the molecule is O=C(COc1ccccc1)OCc1nc(-c2ccc(F)cc2)no1. The minimum absolute atomic E-state index is 0.141. The van der Waals surface area contributed by atoms with Crippen molar-refractivity contribution in [3.05, 3.63) is 66.3 Å². The van der Waals surface area contributed by atoms with Gasteiger partial charge in [-0.15, -0.1) is 0 Å². The Bertz CT molecular complexity index is 803. The van der Waals surface area contributed by atoms with Crippen LogP contribution in [0, 0.1) is 5.82 Å². The Morgan fingerprint density at radius 1 is 1.08 bits per heavy atom. The number of rotatable bonds is 6. The third-order valence-electron chi connectivity index (χ3n) is 3.03. The lowest BCUT2D eigenvalue weighted by Crippen LogP contribution is -2.14. The molecule has 0 aliphatic carbocycles. The lowest BCUT2D eigenvalue weighted by molar-refractivity contribution is -0.148. The van der Waals surface area contributed by atoms with Crippen molar-refractivity contribution in [2.24, 2.45) is 0 Å². The zero-order valence-electron chi connectivity index (χ0n) is 12.5. The van der Waals surface area contributed by atoms with Gasteiger partial charge in [0.2, 0.25) is 5.82 Å². The quantitative estimate of drug-likeness (QED) is 0.648. The van der Waals surface area contributed by atoms with Crippen LogP contribution in [0.25, 0.3) is 11.4 Å². The highest BCUT2D eigenvalue weighted by molar-refractivity contribution is 5.71. The van der Waals surface area contributed by atoms with E-state index in [4.69, 9.17) is 14.0 Å². The second-order valence-electron chi connectivity index (χ2n) is 4.78. The van der Waals surface area contributed by atoms with Gasteiger partial charge >= 0.3 is 5.97 Å². The first-order valence-electron chi connectivity index (χ1n) is 7.13. The van der Waals surface area contributed by atoms with Gasteiger partial charge in [-0.2, -0.15) is 4.98 Å². The van der Waals surface area contributed by atoms with Crippen molar-refractivity contribution < 1.29 is 23.2 Å². The van der Waals surface area contributed by atoms with Crippen LogP contribution in [0.5, 0.6) is 5.75 Å². The van der Waals surface area contributed by atoms with Crippen molar-refractivity contribution in [2.45, 2.75) is 6.61 Å². The number of aromatic nitrogens is 2. The van der Waals surface area contributed by atoms with Gasteiger partial charge < -0.3 is 14.0 Å². The minimum Gasteiger partial charge on any atom is -0.482 e. The summed E-state index contributed by atoms with van der Waals surface area (Å²) >= 11 is 0. The summed E-state index contributed by atoms with van der Waals surface area (Å²) in [6.07, 6.45) is 0. The Balaban J connectivity index is 1.50. The lowest BCUT2D eigenvalue weighted by atomic mass is 10.2. The number of para-hydroxylation sites is 1.